The van der Waals surface area contributed by atoms with Gasteiger partial charge in [0.1, 0.15) is 30.2 Å². The normalized spacial score (nSPS) is 21.2. The van der Waals surface area contributed by atoms with Crippen molar-refractivity contribution in [2.45, 2.75) is 37.6 Å². The van der Waals surface area contributed by atoms with Crippen molar-refractivity contribution in [3.05, 3.63) is 177 Å². The molecule has 1 aliphatic rings. The Labute approximate surface area is 285 Å². The van der Waals surface area contributed by atoms with Crippen molar-refractivity contribution in [3.8, 4) is 5.75 Å². The number of phenols is 1. The fraction of sp³-hybridized carbons (Fsp3) is 0.250. The fourth-order valence-electron chi connectivity index (χ4n) is 6.00. The highest BCUT2D eigenvalue weighted by Crippen LogP contribution is 2.40. The van der Waals surface area contributed by atoms with Gasteiger partial charge < -0.3 is 28.8 Å². The summed E-state index contributed by atoms with van der Waals surface area (Å²) in [6.07, 6.45) is -2.31. The Bertz CT molecular complexity index is 1640. The van der Waals surface area contributed by atoms with Crippen LogP contribution < -0.4 is 0 Å². The molecule has 0 saturated carbocycles. The topological polar surface area (TPSA) is 110 Å². The van der Waals surface area contributed by atoms with Gasteiger partial charge in [0.25, 0.3) is 5.69 Å². The summed E-state index contributed by atoms with van der Waals surface area (Å²) in [5, 5.41) is 23.7. The molecule has 9 heteroatoms. The van der Waals surface area contributed by atoms with Gasteiger partial charge in [-0.25, -0.2) is 0 Å². The Hall–Kier alpha value is -4.90. The summed E-state index contributed by atoms with van der Waals surface area (Å²) in [4.78, 5) is 11.6. The number of rotatable bonds is 5. The van der Waals surface area contributed by atoms with E-state index in [1.165, 1.54) is 12.1 Å². The van der Waals surface area contributed by atoms with Crippen LogP contribution >= 0.6 is 0 Å². The molecule has 6 rings (SSSR count). The number of aromatic hydroxyl groups is 1. The lowest BCUT2D eigenvalue weighted by Crippen LogP contribution is -2.22. The number of non-ortho nitro benzene ring substituents is 1. The molecule has 1 heterocycles. The summed E-state index contributed by atoms with van der Waals surface area (Å²) in [5.41, 5.74) is 3.83. The molecule has 49 heavy (non-hydrogen) atoms. The van der Waals surface area contributed by atoms with Crippen LogP contribution in [0.25, 0.3) is 0 Å². The molecule has 0 aromatic heterocycles. The molecule has 4 atom stereocenters. The average molecular weight is 662 g/mol. The van der Waals surface area contributed by atoms with E-state index in [0.29, 0.717) is 13.2 Å². The zero-order chi connectivity index (χ0) is 33.8. The second kappa shape index (κ2) is 17.0. The molecule has 0 saturated heterocycles. The summed E-state index contributed by atoms with van der Waals surface area (Å²) in [6, 6.07) is 41.5. The maximum atomic E-state index is 12.1. The first kappa shape index (κ1) is 34.0. The number of nitro groups is 1. The predicted molar refractivity (Wildman–Crippen MR) is 184 cm³/mol. The number of nitro benzene ring substituents is 1. The van der Waals surface area contributed by atoms with Crippen LogP contribution in [0.3, 0.4) is 0 Å². The first-order valence-corrected chi connectivity index (χ1v) is 16.3. The minimum absolute atomic E-state index is 0.124. The third-order valence-electron chi connectivity index (χ3n) is 8.41. The van der Waals surface area contributed by atoms with Gasteiger partial charge in [0, 0.05) is 23.3 Å². The second-order valence-corrected chi connectivity index (χ2v) is 11.7. The highest BCUT2D eigenvalue weighted by atomic mass is 16.6. The van der Waals surface area contributed by atoms with Crippen LogP contribution in [0.2, 0.25) is 0 Å². The fourth-order valence-corrected chi connectivity index (χ4v) is 6.00. The molecule has 9 nitrogen and oxygen atoms in total. The van der Waals surface area contributed by atoms with Crippen molar-refractivity contribution in [2.24, 2.45) is 0 Å². The number of phenolic OH excluding ortho intramolecular Hbond substituents is 1. The average Bonchev–Trinajstić information content (AvgIpc) is 3.15. The Morgan fingerprint density at radius 1 is 0.510 bits per heavy atom. The van der Waals surface area contributed by atoms with Gasteiger partial charge in [-0.05, 0) is 22.3 Å². The molecule has 1 aliphatic heterocycles. The molecule has 0 fully saturated rings. The van der Waals surface area contributed by atoms with Crippen molar-refractivity contribution >= 4 is 5.69 Å². The minimum Gasteiger partial charge on any atom is -0.507 e. The Balaban J connectivity index is 1.39. The highest BCUT2D eigenvalue weighted by Gasteiger charge is 2.30. The van der Waals surface area contributed by atoms with E-state index in [9.17, 15) is 15.2 Å². The SMILES string of the molecule is O=[N+]([O-])c1cc2c(O)c(c1)CO[C@H](c1ccccc1)[C@@H](c1ccccc1)OCCOCCO[C@H](c1ccccc1)[C@@H](c1ccccc1)OC2. The van der Waals surface area contributed by atoms with Crippen LogP contribution in [-0.4, -0.2) is 36.5 Å². The van der Waals surface area contributed by atoms with E-state index in [1.54, 1.807) is 0 Å². The van der Waals surface area contributed by atoms with Crippen molar-refractivity contribution in [1.29, 1.82) is 0 Å². The highest BCUT2D eigenvalue weighted by molar-refractivity contribution is 5.49. The van der Waals surface area contributed by atoms with Gasteiger partial charge in [-0.3, -0.25) is 10.1 Å². The molecule has 1 N–H and O–H groups in total. The van der Waals surface area contributed by atoms with Crippen LogP contribution in [0.5, 0.6) is 5.75 Å². The lowest BCUT2D eigenvalue weighted by molar-refractivity contribution is -0.385. The zero-order valence-electron chi connectivity index (χ0n) is 27.0. The molecular formula is C40H39NO8. The summed E-state index contributed by atoms with van der Waals surface area (Å²) in [7, 11) is 0. The standard InChI is InChI=1S/C40H39NO8/c42-36-33-25-35(41(43)44)26-34(36)28-49-40(32-19-11-4-12-20-32)38(30-15-7-2-8-16-30)47-24-22-45-21-23-46-37(29-13-5-1-6-14-29)39(48-27-33)31-17-9-3-10-18-31/h1-20,25-26,37-40,42H,21-24,27-28H2/t37-,38-,39-,40-/m1/s1. The molecular weight excluding hydrogens is 622 g/mol. The lowest BCUT2D eigenvalue weighted by atomic mass is 9.97. The molecule has 5 aromatic rings. The number of hydrogen-bond acceptors (Lipinski definition) is 8. The van der Waals surface area contributed by atoms with Crippen LogP contribution in [0.1, 0.15) is 57.8 Å². The van der Waals surface area contributed by atoms with Crippen molar-refractivity contribution in [2.75, 3.05) is 26.4 Å². The summed E-state index contributed by atoms with van der Waals surface area (Å²) < 4.78 is 32.0. The van der Waals surface area contributed by atoms with Crippen molar-refractivity contribution < 1.29 is 33.7 Å². The molecule has 2 bridgehead atoms. The quantitative estimate of drug-likeness (QED) is 0.148. The van der Waals surface area contributed by atoms with Gasteiger partial charge in [0.05, 0.1) is 44.6 Å². The smallest absolute Gasteiger partial charge is 0.270 e. The molecule has 0 radical (unpaired) electrons. The molecule has 0 unspecified atom stereocenters. The number of ether oxygens (including phenoxy) is 5. The van der Waals surface area contributed by atoms with Gasteiger partial charge in [-0.15, -0.1) is 0 Å². The van der Waals surface area contributed by atoms with Crippen LogP contribution in [0.15, 0.2) is 133 Å². The van der Waals surface area contributed by atoms with Crippen LogP contribution in [0.4, 0.5) is 5.69 Å². The zero-order valence-corrected chi connectivity index (χ0v) is 27.0. The van der Waals surface area contributed by atoms with E-state index in [1.807, 2.05) is 121 Å². The van der Waals surface area contributed by atoms with Crippen LogP contribution in [-0.2, 0) is 36.9 Å². The molecule has 0 spiro atoms. The lowest BCUT2D eigenvalue weighted by Gasteiger charge is -2.30. The third-order valence-corrected chi connectivity index (χ3v) is 8.41. The summed E-state index contributed by atoms with van der Waals surface area (Å²) >= 11 is 0. The second-order valence-electron chi connectivity index (χ2n) is 11.7. The molecule has 5 aromatic carbocycles. The first-order chi connectivity index (χ1) is 24.1. The van der Waals surface area contributed by atoms with Gasteiger partial charge in [0.15, 0.2) is 0 Å². The van der Waals surface area contributed by atoms with Gasteiger partial charge in [-0.1, -0.05) is 121 Å². The Kier molecular flexibility index (Phi) is 11.8. The Morgan fingerprint density at radius 3 is 1.16 bits per heavy atom. The van der Waals surface area contributed by atoms with Crippen molar-refractivity contribution in [3.63, 3.8) is 0 Å². The van der Waals surface area contributed by atoms with E-state index >= 15 is 0 Å². The largest absolute Gasteiger partial charge is 0.507 e. The number of hydrogen-bond donors (Lipinski definition) is 1. The summed E-state index contributed by atoms with van der Waals surface area (Å²) in [6.45, 7) is 0.935. The van der Waals surface area contributed by atoms with E-state index in [4.69, 9.17) is 23.7 Å². The van der Waals surface area contributed by atoms with Gasteiger partial charge >= 0.3 is 0 Å². The number of fused-ring (bicyclic) bond motifs is 2. The maximum Gasteiger partial charge on any atom is 0.270 e. The predicted octanol–water partition coefficient (Wildman–Crippen LogP) is 8.36. The minimum atomic E-state index is -0.613. The van der Waals surface area contributed by atoms with E-state index < -0.39 is 29.3 Å². The Morgan fingerprint density at radius 2 is 0.837 bits per heavy atom. The maximum absolute atomic E-state index is 12.1. The van der Waals surface area contributed by atoms with E-state index in [0.717, 1.165) is 22.3 Å². The molecule has 0 aliphatic carbocycles. The van der Waals surface area contributed by atoms with E-state index in [2.05, 4.69) is 0 Å². The number of benzene rings is 5. The van der Waals surface area contributed by atoms with Crippen LogP contribution in [0, 0.1) is 10.1 Å². The third kappa shape index (κ3) is 8.77. The monoisotopic (exact) mass is 661 g/mol. The van der Waals surface area contributed by atoms with Gasteiger partial charge in [-0.2, -0.15) is 0 Å². The van der Waals surface area contributed by atoms with Crippen molar-refractivity contribution in [1.82, 2.24) is 0 Å². The molecule has 0 amide bonds. The van der Waals surface area contributed by atoms with Gasteiger partial charge in [0.2, 0.25) is 0 Å². The first-order valence-electron chi connectivity index (χ1n) is 16.3. The molecule has 252 valence electrons. The summed E-state index contributed by atoms with van der Waals surface area (Å²) in [5.74, 6) is -0.131. The van der Waals surface area contributed by atoms with E-state index in [-0.39, 0.29) is 49.0 Å². The number of nitrogens with zero attached hydrogens (tertiary/aromatic N) is 1.